The molecule has 0 aliphatic rings. The lowest BCUT2D eigenvalue weighted by atomic mass is 10.1. The Labute approximate surface area is 129 Å². The topological polar surface area (TPSA) is 93.7 Å². The zero-order valence-corrected chi connectivity index (χ0v) is 12.8. The van der Waals surface area contributed by atoms with Crippen molar-refractivity contribution in [2.45, 2.75) is 25.9 Å². The van der Waals surface area contributed by atoms with Gasteiger partial charge in [0.2, 0.25) is 0 Å². The molecular formula is C15H20N2O5. The Morgan fingerprint density at radius 1 is 1.23 bits per heavy atom. The molecule has 0 heterocycles. The monoisotopic (exact) mass is 308 g/mol. The molecule has 3 amide bonds. The van der Waals surface area contributed by atoms with Crippen LogP contribution in [0.3, 0.4) is 0 Å². The van der Waals surface area contributed by atoms with Crippen LogP contribution >= 0.6 is 0 Å². The van der Waals surface area contributed by atoms with Crippen LogP contribution in [0.5, 0.6) is 5.75 Å². The van der Waals surface area contributed by atoms with Gasteiger partial charge in [0.15, 0.2) is 6.10 Å². The van der Waals surface area contributed by atoms with Gasteiger partial charge in [0.05, 0.1) is 7.11 Å². The van der Waals surface area contributed by atoms with Crippen molar-refractivity contribution in [2.75, 3.05) is 14.2 Å². The standard InChI is InChI=1S/C15H20N2O5/c1-10(14(19)17-15(20)16-2)22-13(18)9-8-11-6-4-5-7-12(11)21-3/h4-7,10H,8-9H2,1-3H3,(H2,16,17,19,20)/t10-/m1/s1. The number of hydrogen-bond donors (Lipinski definition) is 2. The molecule has 0 saturated heterocycles. The number of hydrogen-bond acceptors (Lipinski definition) is 5. The number of ether oxygens (including phenoxy) is 2. The molecule has 0 saturated carbocycles. The van der Waals surface area contributed by atoms with E-state index in [4.69, 9.17) is 9.47 Å². The molecule has 0 bridgehead atoms. The number of benzene rings is 1. The molecule has 0 unspecified atom stereocenters. The first-order chi connectivity index (χ1) is 10.5. The Hall–Kier alpha value is -2.57. The minimum Gasteiger partial charge on any atom is -0.496 e. The lowest BCUT2D eigenvalue weighted by Crippen LogP contribution is -2.43. The minimum absolute atomic E-state index is 0.109. The molecule has 0 radical (unpaired) electrons. The summed E-state index contributed by atoms with van der Waals surface area (Å²) in [5, 5.41) is 4.28. The van der Waals surface area contributed by atoms with E-state index >= 15 is 0 Å². The van der Waals surface area contributed by atoms with Gasteiger partial charge in [0.25, 0.3) is 5.91 Å². The van der Waals surface area contributed by atoms with E-state index in [9.17, 15) is 14.4 Å². The van der Waals surface area contributed by atoms with Crippen molar-refractivity contribution in [3.63, 3.8) is 0 Å². The Balaban J connectivity index is 2.46. The Bertz CT molecular complexity index is 544. The van der Waals surface area contributed by atoms with Crippen LogP contribution in [0, 0.1) is 0 Å². The fourth-order valence-electron chi connectivity index (χ4n) is 1.73. The summed E-state index contributed by atoms with van der Waals surface area (Å²) >= 11 is 0. The van der Waals surface area contributed by atoms with E-state index in [2.05, 4.69) is 5.32 Å². The predicted octanol–water partition coefficient (Wildman–Crippen LogP) is 1.02. The number of carbonyl (C=O) groups excluding carboxylic acids is 3. The SMILES string of the molecule is CNC(=O)NC(=O)[C@@H](C)OC(=O)CCc1ccccc1OC. The number of esters is 1. The first-order valence-corrected chi connectivity index (χ1v) is 6.82. The third kappa shape index (κ3) is 5.43. The second-order valence-electron chi connectivity index (χ2n) is 4.51. The zero-order chi connectivity index (χ0) is 16.5. The molecule has 0 spiro atoms. The van der Waals surface area contributed by atoms with Gasteiger partial charge >= 0.3 is 12.0 Å². The lowest BCUT2D eigenvalue weighted by molar-refractivity contribution is -0.154. The van der Waals surface area contributed by atoms with Crippen LogP contribution in [-0.4, -0.2) is 38.2 Å². The molecule has 1 rings (SSSR count). The smallest absolute Gasteiger partial charge is 0.321 e. The summed E-state index contributed by atoms with van der Waals surface area (Å²) in [6, 6.07) is 6.70. The summed E-state index contributed by atoms with van der Waals surface area (Å²) in [6.07, 6.45) is -0.493. The van der Waals surface area contributed by atoms with Crippen LogP contribution < -0.4 is 15.4 Å². The van der Waals surface area contributed by atoms with Crippen LogP contribution in [0.2, 0.25) is 0 Å². The van der Waals surface area contributed by atoms with Crippen LogP contribution in [-0.2, 0) is 20.7 Å². The number of imide groups is 1. The normalized spacial score (nSPS) is 11.2. The van der Waals surface area contributed by atoms with Gasteiger partial charge in [0, 0.05) is 13.5 Å². The summed E-state index contributed by atoms with van der Waals surface area (Å²) in [5.41, 5.74) is 0.879. The van der Waals surface area contributed by atoms with E-state index in [0.29, 0.717) is 12.2 Å². The molecule has 2 N–H and O–H groups in total. The van der Waals surface area contributed by atoms with Crippen LogP contribution in [0.15, 0.2) is 24.3 Å². The van der Waals surface area contributed by atoms with Gasteiger partial charge in [0.1, 0.15) is 5.75 Å². The van der Waals surface area contributed by atoms with Crippen molar-refractivity contribution in [1.29, 1.82) is 0 Å². The van der Waals surface area contributed by atoms with Crippen LogP contribution in [0.1, 0.15) is 18.9 Å². The summed E-state index contributed by atoms with van der Waals surface area (Å²) in [5.74, 6) is -0.504. The Kier molecular flexibility index (Phi) is 6.88. The number of urea groups is 1. The minimum atomic E-state index is -1.04. The van der Waals surface area contributed by atoms with E-state index in [1.54, 1.807) is 13.2 Å². The third-order valence-electron chi connectivity index (χ3n) is 2.93. The molecule has 22 heavy (non-hydrogen) atoms. The highest BCUT2D eigenvalue weighted by atomic mass is 16.5. The zero-order valence-electron chi connectivity index (χ0n) is 12.8. The highest BCUT2D eigenvalue weighted by Crippen LogP contribution is 2.19. The molecule has 0 aliphatic carbocycles. The first kappa shape index (κ1) is 17.5. The van der Waals surface area contributed by atoms with E-state index in [1.807, 2.05) is 23.5 Å². The molecule has 0 aliphatic heterocycles. The number of para-hydroxylation sites is 1. The molecule has 7 heteroatoms. The maximum atomic E-state index is 11.7. The molecule has 120 valence electrons. The largest absolute Gasteiger partial charge is 0.496 e. The second-order valence-corrected chi connectivity index (χ2v) is 4.51. The number of nitrogens with one attached hydrogen (secondary N) is 2. The third-order valence-corrected chi connectivity index (χ3v) is 2.93. The number of methoxy groups -OCH3 is 1. The van der Waals surface area contributed by atoms with Gasteiger partial charge in [-0.25, -0.2) is 4.79 Å². The van der Waals surface area contributed by atoms with Crippen molar-refractivity contribution >= 4 is 17.9 Å². The maximum absolute atomic E-state index is 11.7. The van der Waals surface area contributed by atoms with Gasteiger partial charge in [-0.2, -0.15) is 0 Å². The molecule has 1 atom stereocenters. The van der Waals surface area contributed by atoms with E-state index in [-0.39, 0.29) is 6.42 Å². The molecule has 1 aromatic rings. The van der Waals surface area contributed by atoms with Crippen molar-refractivity contribution in [3.8, 4) is 5.75 Å². The van der Waals surface area contributed by atoms with Crippen molar-refractivity contribution in [1.82, 2.24) is 10.6 Å². The molecule has 0 fully saturated rings. The predicted molar refractivity (Wildman–Crippen MR) is 79.5 cm³/mol. The van der Waals surface area contributed by atoms with Gasteiger partial charge in [-0.1, -0.05) is 18.2 Å². The molecule has 0 aromatic heterocycles. The van der Waals surface area contributed by atoms with Gasteiger partial charge in [-0.05, 0) is 25.0 Å². The summed E-state index contributed by atoms with van der Waals surface area (Å²) in [4.78, 5) is 34.3. The average Bonchev–Trinajstić information content (AvgIpc) is 2.52. The first-order valence-electron chi connectivity index (χ1n) is 6.82. The van der Waals surface area contributed by atoms with Gasteiger partial charge in [-0.3, -0.25) is 14.9 Å². The van der Waals surface area contributed by atoms with Crippen LogP contribution in [0.4, 0.5) is 4.79 Å². The van der Waals surface area contributed by atoms with Gasteiger partial charge < -0.3 is 14.8 Å². The maximum Gasteiger partial charge on any atom is 0.321 e. The molecule has 1 aromatic carbocycles. The summed E-state index contributed by atoms with van der Waals surface area (Å²) in [6.45, 7) is 1.40. The highest BCUT2D eigenvalue weighted by molar-refractivity contribution is 5.96. The number of amides is 3. The Morgan fingerprint density at radius 3 is 2.55 bits per heavy atom. The highest BCUT2D eigenvalue weighted by Gasteiger charge is 2.19. The number of aryl methyl sites for hydroxylation is 1. The summed E-state index contributed by atoms with van der Waals surface area (Å²) < 4.78 is 10.2. The fourth-order valence-corrected chi connectivity index (χ4v) is 1.73. The molecular weight excluding hydrogens is 288 g/mol. The number of rotatable bonds is 6. The lowest BCUT2D eigenvalue weighted by Gasteiger charge is -2.13. The van der Waals surface area contributed by atoms with Crippen molar-refractivity contribution in [3.05, 3.63) is 29.8 Å². The van der Waals surface area contributed by atoms with Crippen molar-refractivity contribution < 1.29 is 23.9 Å². The Morgan fingerprint density at radius 2 is 1.91 bits per heavy atom. The fraction of sp³-hybridized carbons (Fsp3) is 0.400. The average molecular weight is 308 g/mol. The van der Waals surface area contributed by atoms with Gasteiger partial charge in [-0.15, -0.1) is 0 Å². The molecule has 7 nitrogen and oxygen atoms in total. The van der Waals surface area contributed by atoms with Crippen molar-refractivity contribution in [2.24, 2.45) is 0 Å². The summed E-state index contributed by atoms with van der Waals surface area (Å²) in [7, 11) is 2.94. The quantitative estimate of drug-likeness (QED) is 0.765. The van der Waals surface area contributed by atoms with E-state index in [0.717, 1.165) is 5.56 Å². The number of carbonyl (C=O) groups is 3. The van der Waals surface area contributed by atoms with E-state index in [1.165, 1.54) is 14.0 Å². The van der Waals surface area contributed by atoms with Crippen LogP contribution in [0.25, 0.3) is 0 Å². The second kappa shape index (κ2) is 8.66. The van der Waals surface area contributed by atoms with E-state index < -0.39 is 24.0 Å².